The van der Waals surface area contributed by atoms with Crippen LogP contribution in [0.5, 0.6) is 0 Å². The van der Waals surface area contributed by atoms with Gasteiger partial charge in [-0.15, -0.1) is 0 Å². The van der Waals surface area contributed by atoms with Gasteiger partial charge in [0.1, 0.15) is 11.3 Å². The third-order valence-electron chi connectivity index (χ3n) is 2.71. The molecule has 2 aromatic rings. The van der Waals surface area contributed by atoms with Crippen LogP contribution in [0.25, 0.3) is 11.0 Å². The van der Waals surface area contributed by atoms with E-state index in [2.05, 4.69) is 24.4 Å². The van der Waals surface area contributed by atoms with Gasteiger partial charge in [0.05, 0.1) is 0 Å². The van der Waals surface area contributed by atoms with E-state index < -0.39 is 0 Å². The minimum Gasteiger partial charge on any atom is -1.00 e. The van der Waals surface area contributed by atoms with E-state index >= 15 is 0 Å². The molecule has 0 aliphatic heterocycles. The van der Waals surface area contributed by atoms with Crippen molar-refractivity contribution in [3.63, 3.8) is 0 Å². The van der Waals surface area contributed by atoms with Gasteiger partial charge in [-0.05, 0) is 25.6 Å². The van der Waals surface area contributed by atoms with Crippen LogP contribution in [-0.4, -0.2) is 23.3 Å². The topological polar surface area (TPSA) is 25.2 Å². The number of benzene rings is 1. The fourth-order valence-electron chi connectivity index (χ4n) is 1.74. The Balaban J connectivity index is 0.00000112. The van der Waals surface area contributed by atoms with E-state index in [1.165, 1.54) is 10.9 Å². The second kappa shape index (κ2) is 5.26. The number of nitrogens with one attached hydrogen (secondary N) is 1. The quantitative estimate of drug-likeness (QED) is 0.625. The van der Waals surface area contributed by atoms with Crippen LogP contribution in [0.3, 0.4) is 0 Å². The first-order valence-corrected chi connectivity index (χ1v) is 6.04. The van der Waals surface area contributed by atoms with E-state index in [0.717, 1.165) is 27.6 Å². The Kier molecular flexibility index (Phi) is 4.53. The van der Waals surface area contributed by atoms with Crippen LogP contribution in [0.4, 0.5) is 0 Å². The fraction of sp³-hybridized carbons (Fsp3) is 0.273. The summed E-state index contributed by atoms with van der Waals surface area (Å²) in [5.41, 5.74) is 2.27. The molecule has 1 N–H and O–H groups in total. The molecule has 0 saturated heterocycles. The van der Waals surface area contributed by atoms with Crippen molar-refractivity contribution >= 4 is 27.3 Å². The summed E-state index contributed by atoms with van der Waals surface area (Å²) in [7, 11) is 1.98. The van der Waals surface area contributed by atoms with Gasteiger partial charge in [-0.1, -0.05) is 18.2 Å². The maximum atomic E-state index is 5.82. The first-order valence-electron chi connectivity index (χ1n) is 4.89. The molecule has 2 rings (SSSR count). The van der Waals surface area contributed by atoms with E-state index in [4.69, 9.17) is 4.42 Å². The maximum absolute atomic E-state index is 5.82. The van der Waals surface area contributed by atoms with Gasteiger partial charge in [0, 0.05) is 10.3 Å². The summed E-state index contributed by atoms with van der Waals surface area (Å²) in [4.78, 5) is 0.405. The first kappa shape index (κ1) is 12.9. The molecule has 15 heavy (non-hydrogen) atoms. The van der Waals surface area contributed by atoms with Crippen LogP contribution in [0, 0.1) is 6.92 Å². The third-order valence-corrected chi connectivity index (χ3v) is 3.81. The van der Waals surface area contributed by atoms with Crippen molar-refractivity contribution in [1.29, 1.82) is 0 Å². The van der Waals surface area contributed by atoms with E-state index in [1.54, 1.807) is 0 Å². The zero-order valence-corrected chi connectivity index (χ0v) is 11.8. The van der Waals surface area contributed by atoms with Crippen molar-refractivity contribution < 1.29 is 24.7 Å². The van der Waals surface area contributed by atoms with Gasteiger partial charge in [-0.3, -0.25) is 0 Å². The zero-order valence-electron chi connectivity index (χ0n) is 10.8. The molecule has 1 atom stereocenters. The molecule has 1 aromatic carbocycles. The summed E-state index contributed by atoms with van der Waals surface area (Å²) in [6.45, 7) is 2.13. The monoisotopic (exact) mass is 211 g/mol. The zero-order chi connectivity index (χ0) is 10.1. The molecule has 0 aliphatic carbocycles. The van der Waals surface area contributed by atoms with Crippen molar-refractivity contribution in [2.45, 2.75) is 11.8 Å². The summed E-state index contributed by atoms with van der Waals surface area (Å²) >= 11 is 1.06. The molecule has 1 heterocycles. The fourth-order valence-corrected chi connectivity index (χ4v) is 2.29. The minimum atomic E-state index is 0. The van der Waals surface area contributed by atoms with Crippen LogP contribution in [0.2, 0.25) is 0 Å². The number of aryl methyl sites for hydroxylation is 1. The van der Waals surface area contributed by atoms with Crippen molar-refractivity contribution in [3.05, 3.63) is 35.6 Å². The minimum absolute atomic E-state index is 0. The standard InChI is InChI=1S/C11H12NO.Al.Li.3H/c1-8-9-5-3-4-6-10(9)13-11(8)7-12-2;;;;;/h3-7,12H,1-2H3;;;;;/q;;+1;;;-1. The molecule has 2 nitrogen and oxygen atoms in total. The Morgan fingerprint density at radius 2 is 2.07 bits per heavy atom. The van der Waals surface area contributed by atoms with E-state index in [9.17, 15) is 0 Å². The third kappa shape index (κ3) is 2.34. The summed E-state index contributed by atoms with van der Waals surface area (Å²) in [6, 6.07) is 8.20. The number of hydrogen-bond acceptors (Lipinski definition) is 2. The SMILES string of the molecule is CN[CH]([AlH2])c1oc2ccccc2c1C.[H-].[Li+]. The number of furan rings is 1. The molecule has 1 aromatic heterocycles. The Morgan fingerprint density at radius 3 is 2.67 bits per heavy atom. The molecular formula is C11H15AlLiNO. The summed E-state index contributed by atoms with van der Waals surface area (Å²) in [6.07, 6.45) is 0. The number of rotatable bonds is 2. The van der Waals surface area contributed by atoms with E-state index in [-0.39, 0.29) is 20.3 Å². The Hall–Kier alpha value is -0.150. The summed E-state index contributed by atoms with van der Waals surface area (Å²) in [5, 5.41) is 4.49. The number of para-hydroxylation sites is 1. The molecule has 4 heteroatoms. The maximum Gasteiger partial charge on any atom is 1.00 e. The average molecular weight is 211 g/mol. The van der Waals surface area contributed by atoms with Gasteiger partial charge >= 0.3 is 18.9 Å². The number of fused-ring (bicyclic) bond motifs is 1. The normalized spacial score (nSPS) is 12.4. The van der Waals surface area contributed by atoms with Gasteiger partial charge in [0.25, 0.3) is 16.3 Å². The predicted octanol–water partition coefficient (Wildman–Crippen LogP) is -1.29. The largest absolute Gasteiger partial charge is 1.00 e. The molecule has 0 fully saturated rings. The predicted molar refractivity (Wildman–Crippen MR) is 62.4 cm³/mol. The Morgan fingerprint density at radius 1 is 1.40 bits per heavy atom. The summed E-state index contributed by atoms with van der Waals surface area (Å²) in [5.74, 6) is 1.10. The van der Waals surface area contributed by atoms with Crippen molar-refractivity contribution in [2.75, 3.05) is 7.05 Å². The van der Waals surface area contributed by atoms with E-state index in [0.29, 0.717) is 4.90 Å². The van der Waals surface area contributed by atoms with E-state index in [1.807, 2.05) is 19.2 Å². The van der Waals surface area contributed by atoms with Crippen molar-refractivity contribution in [3.8, 4) is 0 Å². The molecule has 0 aliphatic rings. The van der Waals surface area contributed by atoms with Gasteiger partial charge < -0.3 is 11.2 Å². The molecule has 0 amide bonds. The van der Waals surface area contributed by atoms with Gasteiger partial charge in [0.15, 0.2) is 0 Å². The second-order valence-corrected chi connectivity index (χ2v) is 4.75. The van der Waals surface area contributed by atoms with Gasteiger partial charge in [0.2, 0.25) is 0 Å². The Labute approximate surface area is 111 Å². The van der Waals surface area contributed by atoms with Crippen LogP contribution >= 0.6 is 0 Å². The molecule has 1 unspecified atom stereocenters. The van der Waals surface area contributed by atoms with Gasteiger partial charge in [-0.25, -0.2) is 0 Å². The molecular weight excluding hydrogens is 196 g/mol. The summed E-state index contributed by atoms with van der Waals surface area (Å²) < 4.78 is 5.82. The average Bonchev–Trinajstić information content (AvgIpc) is 2.56. The number of hydrogen-bond donors (Lipinski definition) is 1. The van der Waals surface area contributed by atoms with Crippen LogP contribution < -0.4 is 24.2 Å². The smallest absolute Gasteiger partial charge is 1.00 e. The first-order chi connectivity index (χ1) is 6.74. The van der Waals surface area contributed by atoms with Crippen molar-refractivity contribution in [2.24, 2.45) is 0 Å². The molecule has 0 radical (unpaired) electrons. The van der Waals surface area contributed by atoms with Gasteiger partial charge in [-0.2, -0.15) is 0 Å². The van der Waals surface area contributed by atoms with Crippen LogP contribution in [-0.2, 0) is 0 Å². The van der Waals surface area contributed by atoms with Crippen LogP contribution in [0.15, 0.2) is 28.7 Å². The van der Waals surface area contributed by atoms with Crippen LogP contribution in [0.1, 0.15) is 17.7 Å². The van der Waals surface area contributed by atoms with Crippen molar-refractivity contribution in [1.82, 2.24) is 5.32 Å². The molecule has 0 spiro atoms. The molecule has 74 valence electrons. The Bertz CT molecular complexity index is 460. The molecule has 0 saturated carbocycles. The second-order valence-electron chi connectivity index (χ2n) is 3.60. The molecule has 0 bridgehead atoms.